The Morgan fingerprint density at radius 3 is 2.78 bits per heavy atom. The highest BCUT2D eigenvalue weighted by atomic mass is 35.5. The molecule has 1 aliphatic rings. The van der Waals surface area contributed by atoms with Gasteiger partial charge in [-0.15, -0.1) is 12.4 Å². The van der Waals surface area contributed by atoms with Crippen LogP contribution in [0.1, 0.15) is 12.0 Å². The Kier molecular flexibility index (Phi) is 6.38. The molecular weight excluding hydrogens is 312 g/mol. The Balaban J connectivity index is 0.00000192. The van der Waals surface area contributed by atoms with Gasteiger partial charge >= 0.3 is 0 Å². The summed E-state index contributed by atoms with van der Waals surface area (Å²) in [5.74, 6) is 0.0614. The molecule has 1 aromatic heterocycles. The molecular formula is C17H21ClN4O. The van der Waals surface area contributed by atoms with Crippen LogP contribution < -0.4 is 10.6 Å². The smallest absolute Gasteiger partial charge is 0.224 e. The van der Waals surface area contributed by atoms with E-state index in [9.17, 15) is 4.79 Å². The minimum absolute atomic E-state index is 0. The maximum absolute atomic E-state index is 12.0. The number of benzene rings is 1. The monoisotopic (exact) mass is 332 g/mol. The summed E-state index contributed by atoms with van der Waals surface area (Å²) in [6.45, 7) is 2.56. The molecule has 122 valence electrons. The fraction of sp³-hybridized carbons (Fsp3) is 0.294. The second-order valence-electron chi connectivity index (χ2n) is 5.39. The van der Waals surface area contributed by atoms with Gasteiger partial charge in [0.2, 0.25) is 5.91 Å². The molecule has 3 rings (SSSR count). The molecule has 5 nitrogen and oxygen atoms in total. The van der Waals surface area contributed by atoms with E-state index in [2.05, 4.69) is 21.8 Å². The van der Waals surface area contributed by atoms with E-state index in [1.54, 1.807) is 10.9 Å². The molecule has 1 aliphatic heterocycles. The summed E-state index contributed by atoms with van der Waals surface area (Å²) in [7, 11) is 0. The first-order valence-electron chi connectivity index (χ1n) is 7.55. The lowest BCUT2D eigenvalue weighted by Crippen LogP contribution is -2.30. The Labute approximate surface area is 142 Å². The van der Waals surface area contributed by atoms with Crippen molar-refractivity contribution < 1.29 is 4.79 Å². The Bertz CT molecular complexity index is 650. The number of carbonyl (C=O) groups excluding carboxylic acids is 1. The van der Waals surface area contributed by atoms with Crippen LogP contribution in [0, 0.1) is 0 Å². The summed E-state index contributed by atoms with van der Waals surface area (Å²) in [5.41, 5.74) is 3.31. The zero-order chi connectivity index (χ0) is 15.2. The number of nitrogens with zero attached hydrogens (tertiary/aromatic N) is 2. The van der Waals surface area contributed by atoms with E-state index in [1.807, 2.05) is 36.5 Å². The van der Waals surface area contributed by atoms with Crippen LogP contribution in [0.15, 0.2) is 54.4 Å². The third-order valence-electron chi connectivity index (χ3n) is 3.74. The highest BCUT2D eigenvalue weighted by molar-refractivity contribution is 5.85. The van der Waals surface area contributed by atoms with Crippen LogP contribution in [-0.2, 0) is 11.2 Å². The van der Waals surface area contributed by atoms with Crippen LogP contribution in [0.3, 0.4) is 0 Å². The largest absolute Gasteiger partial charge is 0.352 e. The fourth-order valence-corrected chi connectivity index (χ4v) is 2.48. The molecule has 1 amide bonds. The maximum atomic E-state index is 12.0. The molecule has 2 aromatic rings. The van der Waals surface area contributed by atoms with E-state index in [0.717, 1.165) is 30.8 Å². The number of halogens is 1. The molecule has 0 fully saturated rings. The van der Waals surface area contributed by atoms with Gasteiger partial charge in [-0.1, -0.05) is 23.8 Å². The fourth-order valence-electron chi connectivity index (χ4n) is 2.48. The van der Waals surface area contributed by atoms with Crippen LogP contribution >= 0.6 is 12.4 Å². The van der Waals surface area contributed by atoms with Crippen molar-refractivity contribution in [1.82, 2.24) is 20.4 Å². The minimum Gasteiger partial charge on any atom is -0.352 e. The van der Waals surface area contributed by atoms with Crippen molar-refractivity contribution in [2.24, 2.45) is 0 Å². The molecule has 0 aliphatic carbocycles. The molecule has 2 N–H and O–H groups in total. The molecule has 0 saturated carbocycles. The number of rotatable bonds is 5. The zero-order valence-electron chi connectivity index (χ0n) is 12.9. The highest BCUT2D eigenvalue weighted by Gasteiger charge is 2.07. The number of hydrogen-bond donors (Lipinski definition) is 2. The van der Waals surface area contributed by atoms with Gasteiger partial charge in [0.1, 0.15) is 0 Å². The first-order valence-corrected chi connectivity index (χ1v) is 7.55. The Morgan fingerprint density at radius 1 is 1.30 bits per heavy atom. The number of amides is 1. The van der Waals surface area contributed by atoms with Crippen molar-refractivity contribution in [3.05, 3.63) is 59.9 Å². The number of nitrogens with one attached hydrogen (secondary N) is 2. The lowest BCUT2D eigenvalue weighted by molar-refractivity contribution is -0.120. The van der Waals surface area contributed by atoms with Gasteiger partial charge in [-0.05, 0) is 36.7 Å². The highest BCUT2D eigenvalue weighted by Crippen LogP contribution is 2.09. The molecule has 0 atom stereocenters. The van der Waals surface area contributed by atoms with E-state index in [-0.39, 0.29) is 18.3 Å². The normalized spacial score (nSPS) is 13.8. The molecule has 2 heterocycles. The van der Waals surface area contributed by atoms with Gasteiger partial charge in [0.25, 0.3) is 0 Å². The average molecular weight is 333 g/mol. The van der Waals surface area contributed by atoms with Crippen molar-refractivity contribution in [3.8, 4) is 5.69 Å². The number of hydrogen-bond acceptors (Lipinski definition) is 3. The lowest BCUT2D eigenvalue weighted by atomic mass is 10.1. The quantitative estimate of drug-likeness (QED) is 0.822. The topological polar surface area (TPSA) is 59.0 Å². The molecule has 23 heavy (non-hydrogen) atoms. The number of carbonyl (C=O) groups is 1. The maximum Gasteiger partial charge on any atom is 0.224 e. The van der Waals surface area contributed by atoms with Gasteiger partial charge < -0.3 is 10.6 Å². The van der Waals surface area contributed by atoms with Crippen LogP contribution in [-0.4, -0.2) is 35.3 Å². The van der Waals surface area contributed by atoms with Gasteiger partial charge in [-0.2, -0.15) is 5.10 Å². The van der Waals surface area contributed by atoms with Crippen molar-refractivity contribution in [2.45, 2.75) is 12.8 Å². The van der Waals surface area contributed by atoms with E-state index < -0.39 is 0 Å². The van der Waals surface area contributed by atoms with Gasteiger partial charge in [0, 0.05) is 25.5 Å². The summed E-state index contributed by atoms with van der Waals surface area (Å²) in [6.07, 6.45) is 7.22. The Morgan fingerprint density at radius 2 is 2.13 bits per heavy atom. The van der Waals surface area contributed by atoms with E-state index in [0.29, 0.717) is 13.0 Å². The minimum atomic E-state index is 0. The Hall–Kier alpha value is -2.11. The first-order chi connectivity index (χ1) is 10.8. The SMILES string of the molecule is Cl.O=C(Cc1ccc(-n2cccn2)cc1)NCC1=CCNCC1. The van der Waals surface area contributed by atoms with Crippen LogP contribution in [0.5, 0.6) is 0 Å². The first kappa shape index (κ1) is 17.2. The molecule has 6 heteroatoms. The van der Waals surface area contributed by atoms with Crippen LogP contribution in [0.25, 0.3) is 5.69 Å². The molecule has 1 aromatic carbocycles. The van der Waals surface area contributed by atoms with Crippen molar-refractivity contribution in [1.29, 1.82) is 0 Å². The molecule has 0 unspecified atom stereocenters. The summed E-state index contributed by atoms with van der Waals surface area (Å²) in [5, 5.41) is 10.4. The predicted octanol–water partition coefficient (Wildman–Crippen LogP) is 1.87. The zero-order valence-corrected chi connectivity index (χ0v) is 13.7. The average Bonchev–Trinajstić information content (AvgIpc) is 3.09. The number of aromatic nitrogens is 2. The summed E-state index contributed by atoms with van der Waals surface area (Å²) >= 11 is 0. The third-order valence-corrected chi connectivity index (χ3v) is 3.74. The lowest BCUT2D eigenvalue weighted by Gasteiger charge is -2.14. The molecule has 0 spiro atoms. The van der Waals surface area contributed by atoms with E-state index >= 15 is 0 Å². The van der Waals surface area contributed by atoms with Gasteiger partial charge in [-0.25, -0.2) is 4.68 Å². The summed E-state index contributed by atoms with van der Waals surface area (Å²) in [6, 6.07) is 9.79. The van der Waals surface area contributed by atoms with Crippen LogP contribution in [0.4, 0.5) is 0 Å². The van der Waals surface area contributed by atoms with Crippen molar-refractivity contribution in [2.75, 3.05) is 19.6 Å². The van der Waals surface area contributed by atoms with E-state index in [1.165, 1.54) is 5.57 Å². The van der Waals surface area contributed by atoms with Crippen molar-refractivity contribution in [3.63, 3.8) is 0 Å². The van der Waals surface area contributed by atoms with E-state index in [4.69, 9.17) is 0 Å². The second-order valence-corrected chi connectivity index (χ2v) is 5.39. The van der Waals surface area contributed by atoms with Gasteiger partial charge in [-0.3, -0.25) is 4.79 Å². The molecule has 0 radical (unpaired) electrons. The van der Waals surface area contributed by atoms with Crippen molar-refractivity contribution >= 4 is 18.3 Å². The summed E-state index contributed by atoms with van der Waals surface area (Å²) in [4.78, 5) is 12.0. The van der Waals surface area contributed by atoms with Gasteiger partial charge in [0.05, 0.1) is 12.1 Å². The van der Waals surface area contributed by atoms with Crippen LogP contribution in [0.2, 0.25) is 0 Å². The summed E-state index contributed by atoms with van der Waals surface area (Å²) < 4.78 is 1.80. The molecule has 0 saturated heterocycles. The third kappa shape index (κ3) is 4.94. The second kappa shape index (κ2) is 8.50. The molecule has 0 bridgehead atoms. The standard InChI is InChI=1S/C17H20N4O.ClH/c22-17(19-13-15-6-9-18-10-7-15)12-14-2-4-16(5-3-14)21-11-1-8-20-21;/h1-6,8,11,18H,7,9-10,12-13H2,(H,19,22);1H. The van der Waals surface area contributed by atoms with Gasteiger partial charge in [0.15, 0.2) is 0 Å². The predicted molar refractivity (Wildman–Crippen MR) is 93.1 cm³/mol.